The zero-order valence-electron chi connectivity index (χ0n) is 25.4. The Morgan fingerprint density at radius 2 is 1.47 bits per heavy atom. The number of hydrogen-bond acceptors (Lipinski definition) is 4. The van der Waals surface area contributed by atoms with E-state index in [0.29, 0.717) is 6.54 Å². The number of rotatable bonds is 15. The van der Waals surface area contributed by atoms with Gasteiger partial charge in [-0.3, -0.25) is 9.59 Å². The number of carbonyl (C=O) groups excluding carboxylic acids is 3. The molecule has 0 aromatic heterocycles. The number of alkyl carbamates (subject to hydrolysis) is 1. The zero-order valence-corrected chi connectivity index (χ0v) is 25.4. The van der Waals surface area contributed by atoms with Gasteiger partial charge in [0.05, 0.1) is 0 Å². The topological polar surface area (TPSA) is 87.7 Å². The third-order valence-corrected chi connectivity index (χ3v) is 6.63. The van der Waals surface area contributed by atoms with Gasteiger partial charge in [-0.15, -0.1) is 0 Å². The van der Waals surface area contributed by atoms with Crippen LogP contribution in [0.2, 0.25) is 0 Å². The summed E-state index contributed by atoms with van der Waals surface area (Å²) in [5.41, 5.74) is 2.09. The van der Waals surface area contributed by atoms with Crippen molar-refractivity contribution in [3.8, 4) is 0 Å². The van der Waals surface area contributed by atoms with Crippen LogP contribution < -0.4 is 10.6 Å². The van der Waals surface area contributed by atoms with Crippen LogP contribution in [-0.4, -0.2) is 47.0 Å². The van der Waals surface area contributed by atoms with Crippen LogP contribution in [0.3, 0.4) is 0 Å². The molecule has 0 aliphatic heterocycles. The van der Waals surface area contributed by atoms with Crippen LogP contribution in [-0.2, 0) is 14.3 Å². The summed E-state index contributed by atoms with van der Waals surface area (Å²) in [7, 11) is 0. The fourth-order valence-corrected chi connectivity index (χ4v) is 4.74. The molecule has 0 bridgehead atoms. The molecule has 0 spiro atoms. The molecular formula is C31H53N3O4. The van der Waals surface area contributed by atoms with E-state index in [1.807, 2.05) is 39.0 Å². The number of hydrogen-bond donors (Lipinski definition) is 2. The van der Waals surface area contributed by atoms with Gasteiger partial charge in [-0.25, -0.2) is 4.79 Å². The lowest BCUT2D eigenvalue weighted by Gasteiger charge is -2.35. The lowest BCUT2D eigenvalue weighted by Crippen LogP contribution is -2.53. The predicted octanol–water partition coefficient (Wildman–Crippen LogP) is 6.75. The normalized spacial score (nSPS) is 13.8. The number of nitrogens with one attached hydrogen (secondary N) is 2. The van der Waals surface area contributed by atoms with Gasteiger partial charge in [0, 0.05) is 12.6 Å². The van der Waals surface area contributed by atoms with Gasteiger partial charge in [0.25, 0.3) is 0 Å². The molecule has 1 aromatic rings. The maximum Gasteiger partial charge on any atom is 0.408 e. The van der Waals surface area contributed by atoms with E-state index >= 15 is 0 Å². The first-order chi connectivity index (χ1) is 17.8. The van der Waals surface area contributed by atoms with Crippen molar-refractivity contribution in [1.29, 1.82) is 0 Å². The number of aryl methyl sites for hydroxylation is 2. The number of unbranched alkanes of at least 4 members (excludes halogenated alkanes) is 5. The van der Waals surface area contributed by atoms with Gasteiger partial charge in [0.2, 0.25) is 11.8 Å². The molecule has 0 saturated carbocycles. The molecule has 1 rings (SSSR count). The second kappa shape index (κ2) is 16.4. The highest BCUT2D eigenvalue weighted by Crippen LogP contribution is 2.29. The average molecular weight is 532 g/mol. The fourth-order valence-electron chi connectivity index (χ4n) is 4.74. The monoisotopic (exact) mass is 531 g/mol. The van der Waals surface area contributed by atoms with Crippen molar-refractivity contribution in [2.75, 3.05) is 6.54 Å². The maximum absolute atomic E-state index is 13.9. The van der Waals surface area contributed by atoms with E-state index in [4.69, 9.17) is 4.74 Å². The first-order valence-electron chi connectivity index (χ1n) is 14.5. The molecule has 1 aromatic carbocycles. The first-order valence-corrected chi connectivity index (χ1v) is 14.5. The maximum atomic E-state index is 13.9. The van der Waals surface area contributed by atoms with Crippen molar-refractivity contribution in [1.82, 2.24) is 15.5 Å². The summed E-state index contributed by atoms with van der Waals surface area (Å²) in [6.07, 6.45) is 7.54. The summed E-state index contributed by atoms with van der Waals surface area (Å²) in [5.74, 6) is -0.484. The molecule has 3 amide bonds. The summed E-state index contributed by atoms with van der Waals surface area (Å²) in [6, 6.07) is 4.28. The third kappa shape index (κ3) is 11.4. The Kier molecular flexibility index (Phi) is 14.4. The summed E-state index contributed by atoms with van der Waals surface area (Å²) in [5, 5.41) is 5.84. The molecule has 0 aliphatic rings. The highest BCUT2D eigenvalue weighted by Gasteiger charge is 2.36. The van der Waals surface area contributed by atoms with Crippen molar-refractivity contribution in [3.05, 3.63) is 34.9 Å². The van der Waals surface area contributed by atoms with E-state index < -0.39 is 23.8 Å². The van der Waals surface area contributed by atoms with E-state index in [2.05, 4.69) is 24.5 Å². The molecule has 2 N–H and O–H groups in total. The summed E-state index contributed by atoms with van der Waals surface area (Å²) >= 11 is 0. The standard InChI is InChI=1S/C31H53N3O4/c1-10-12-13-14-15-16-21-34(29(36)25(6)33-30(37)38-31(7,8)9)27(28(35)32-24(5)18-11-2)26-22(3)19-17-20-23(26)4/h17,19-20,24-25,27H,10-16,18,21H2,1-9H3,(H,32,35)(H,33,37). The second-order valence-electron chi connectivity index (χ2n) is 11.6. The van der Waals surface area contributed by atoms with Crippen LogP contribution >= 0.6 is 0 Å². The van der Waals surface area contributed by atoms with Crippen LogP contribution in [0.4, 0.5) is 4.79 Å². The number of nitrogens with zero attached hydrogens (tertiary/aromatic N) is 1. The van der Waals surface area contributed by atoms with E-state index in [1.165, 1.54) is 12.8 Å². The van der Waals surface area contributed by atoms with Gasteiger partial charge in [-0.2, -0.15) is 0 Å². The number of ether oxygens (including phenoxy) is 1. The van der Waals surface area contributed by atoms with Gasteiger partial charge in [0.1, 0.15) is 17.7 Å². The molecule has 0 radical (unpaired) electrons. The Bertz CT molecular complexity index is 873. The minimum atomic E-state index is -0.849. The van der Waals surface area contributed by atoms with E-state index in [-0.39, 0.29) is 17.9 Å². The second-order valence-corrected chi connectivity index (χ2v) is 11.6. The fraction of sp³-hybridized carbons (Fsp3) is 0.710. The summed E-state index contributed by atoms with van der Waals surface area (Å²) in [4.78, 5) is 42.0. The summed E-state index contributed by atoms with van der Waals surface area (Å²) < 4.78 is 5.38. The largest absolute Gasteiger partial charge is 0.444 e. The smallest absolute Gasteiger partial charge is 0.408 e. The van der Waals surface area contributed by atoms with Gasteiger partial charge in [0.15, 0.2) is 0 Å². The molecule has 216 valence electrons. The quantitative estimate of drug-likeness (QED) is 0.245. The van der Waals surface area contributed by atoms with E-state index in [1.54, 1.807) is 32.6 Å². The Labute approximate surface area is 231 Å². The Hall–Kier alpha value is -2.57. The molecule has 0 fully saturated rings. The molecule has 38 heavy (non-hydrogen) atoms. The van der Waals surface area contributed by atoms with Crippen molar-refractivity contribution >= 4 is 17.9 Å². The van der Waals surface area contributed by atoms with E-state index in [9.17, 15) is 14.4 Å². The lowest BCUT2D eigenvalue weighted by molar-refractivity contribution is -0.142. The number of amides is 3. The number of benzene rings is 1. The van der Waals surface area contributed by atoms with Crippen molar-refractivity contribution in [3.63, 3.8) is 0 Å². The first kappa shape index (κ1) is 33.5. The Morgan fingerprint density at radius 3 is 2.03 bits per heavy atom. The minimum Gasteiger partial charge on any atom is -0.444 e. The molecule has 7 nitrogen and oxygen atoms in total. The SMILES string of the molecule is CCCCCCCCN(C(=O)C(C)NC(=O)OC(C)(C)C)C(C(=O)NC(C)CCC)c1c(C)cccc1C. The van der Waals surface area contributed by atoms with Gasteiger partial charge in [-0.1, -0.05) is 70.6 Å². The molecule has 0 heterocycles. The molecule has 7 heteroatoms. The predicted molar refractivity (Wildman–Crippen MR) is 155 cm³/mol. The Balaban J connectivity index is 3.38. The van der Waals surface area contributed by atoms with Crippen LogP contribution in [0.25, 0.3) is 0 Å². The lowest BCUT2D eigenvalue weighted by atomic mass is 9.93. The molecule has 3 unspecified atom stereocenters. The van der Waals surface area contributed by atoms with Crippen LogP contribution in [0.5, 0.6) is 0 Å². The number of carbonyl (C=O) groups is 3. The molecular weight excluding hydrogens is 478 g/mol. The van der Waals surface area contributed by atoms with Crippen molar-refractivity contribution in [2.24, 2.45) is 0 Å². The van der Waals surface area contributed by atoms with Gasteiger partial charge in [-0.05, 0) is 78.0 Å². The average Bonchev–Trinajstić information content (AvgIpc) is 2.80. The third-order valence-electron chi connectivity index (χ3n) is 6.63. The minimum absolute atomic E-state index is 0.0115. The van der Waals surface area contributed by atoms with Crippen LogP contribution in [0.1, 0.15) is 123 Å². The van der Waals surface area contributed by atoms with Crippen molar-refractivity contribution < 1.29 is 19.1 Å². The Morgan fingerprint density at radius 1 is 0.895 bits per heavy atom. The van der Waals surface area contributed by atoms with E-state index in [0.717, 1.165) is 55.2 Å². The summed E-state index contributed by atoms with van der Waals surface area (Å²) in [6.45, 7) is 17.7. The highest BCUT2D eigenvalue weighted by atomic mass is 16.6. The van der Waals surface area contributed by atoms with Gasteiger partial charge < -0.3 is 20.3 Å². The van der Waals surface area contributed by atoms with Crippen LogP contribution in [0, 0.1) is 13.8 Å². The van der Waals surface area contributed by atoms with Crippen LogP contribution in [0.15, 0.2) is 18.2 Å². The molecule has 0 aliphatic carbocycles. The van der Waals surface area contributed by atoms with Crippen molar-refractivity contribution in [2.45, 2.75) is 137 Å². The van der Waals surface area contributed by atoms with Gasteiger partial charge >= 0.3 is 6.09 Å². The molecule has 0 saturated heterocycles. The zero-order chi connectivity index (χ0) is 28.9. The highest BCUT2D eigenvalue weighted by molar-refractivity contribution is 5.92. The molecule has 3 atom stereocenters.